The summed E-state index contributed by atoms with van der Waals surface area (Å²) in [5.74, 6) is -0.261. The molecule has 0 radical (unpaired) electrons. The number of amidine groups is 1. The number of nitrogens with one attached hydrogen (secondary N) is 5. The van der Waals surface area contributed by atoms with Gasteiger partial charge in [-0.2, -0.15) is 0 Å². The van der Waals surface area contributed by atoms with Gasteiger partial charge in [0, 0.05) is 33.6 Å². The molecule has 0 atom stereocenters. The molecule has 2 aromatic carbocycles. The summed E-state index contributed by atoms with van der Waals surface area (Å²) in [6, 6.07) is 11.9. The van der Waals surface area contributed by atoms with E-state index in [9.17, 15) is 9.59 Å². The smallest absolute Gasteiger partial charge is 0.257 e. The molecule has 3 aromatic rings. The molecule has 0 bridgehead atoms. The first kappa shape index (κ1) is 23.4. The Morgan fingerprint density at radius 3 is 2.71 bits per heavy atom. The van der Waals surface area contributed by atoms with Crippen molar-refractivity contribution >= 4 is 62.7 Å². The molecule has 0 unspecified atom stereocenters. The zero-order chi connectivity index (χ0) is 24.2. The number of nitrogens with zero attached hydrogens (tertiary/aromatic N) is 2. The Bertz CT molecular complexity index is 1310. The van der Waals surface area contributed by atoms with Gasteiger partial charge in [0.1, 0.15) is 0 Å². The maximum Gasteiger partial charge on any atom is 0.257 e. The van der Waals surface area contributed by atoms with Gasteiger partial charge in [0.15, 0.2) is 5.17 Å². The summed E-state index contributed by atoms with van der Waals surface area (Å²) in [6.45, 7) is 1.81. The number of hydrogen-bond acceptors (Lipinski definition) is 8. The highest BCUT2D eigenvalue weighted by Crippen LogP contribution is 2.34. The number of anilines is 3. The van der Waals surface area contributed by atoms with E-state index in [1.54, 1.807) is 42.6 Å². The fourth-order valence-electron chi connectivity index (χ4n) is 3.25. The minimum atomic E-state index is -0.429. The predicted octanol–water partition coefficient (Wildman–Crippen LogP) is 4.82. The first-order chi connectivity index (χ1) is 16.3. The molecule has 4 rings (SSSR count). The van der Waals surface area contributed by atoms with E-state index in [-0.39, 0.29) is 17.5 Å². The number of thioether (sulfide) groups is 1. The van der Waals surface area contributed by atoms with Gasteiger partial charge in [-0.05, 0) is 60.6 Å². The van der Waals surface area contributed by atoms with Crippen molar-refractivity contribution in [3.05, 3.63) is 64.8 Å². The Morgan fingerprint density at radius 2 is 1.97 bits per heavy atom. The van der Waals surface area contributed by atoms with Gasteiger partial charge in [-0.1, -0.05) is 18.5 Å². The van der Waals surface area contributed by atoms with E-state index in [0.717, 1.165) is 17.3 Å². The van der Waals surface area contributed by atoms with Crippen LogP contribution in [-0.2, 0) is 11.2 Å². The van der Waals surface area contributed by atoms with Crippen LogP contribution in [0.15, 0.2) is 48.7 Å². The third-order valence-corrected chi connectivity index (χ3v) is 5.98. The highest BCUT2D eigenvalue weighted by Gasteiger charge is 2.21. The van der Waals surface area contributed by atoms with Crippen molar-refractivity contribution in [1.29, 1.82) is 10.8 Å². The van der Waals surface area contributed by atoms with Crippen LogP contribution in [0, 0.1) is 10.8 Å². The number of hydrogen-bond donors (Lipinski definition) is 5. The number of halogens is 1. The zero-order valence-electron chi connectivity index (χ0n) is 18.0. The normalized spacial score (nSPS) is 12.0. The first-order valence-electron chi connectivity index (χ1n) is 10.3. The minimum Gasteiger partial charge on any atom is -0.325 e. The van der Waals surface area contributed by atoms with Crippen LogP contribution in [0.3, 0.4) is 0 Å². The van der Waals surface area contributed by atoms with E-state index in [0.29, 0.717) is 50.6 Å². The molecular weight excluding hydrogens is 474 g/mol. The molecule has 172 valence electrons. The summed E-state index contributed by atoms with van der Waals surface area (Å²) in [4.78, 5) is 33.5. The molecular formula is C23H20ClN7O2S. The topological polar surface area (TPSA) is 144 Å². The first-order valence-corrected chi connectivity index (χ1v) is 11.5. The number of carbonyl (C=O) groups excluding carboxylic acids is 2. The summed E-state index contributed by atoms with van der Waals surface area (Å²) in [5.41, 5.74) is 3.71. The second-order valence-corrected chi connectivity index (χ2v) is 8.89. The van der Waals surface area contributed by atoms with Crippen molar-refractivity contribution in [2.75, 3.05) is 10.6 Å². The molecule has 0 spiro atoms. The van der Waals surface area contributed by atoms with Gasteiger partial charge in [0.2, 0.25) is 11.9 Å². The molecule has 1 aromatic heterocycles. The lowest BCUT2D eigenvalue weighted by molar-refractivity contribution is -0.115. The number of rotatable bonds is 4. The lowest BCUT2D eigenvalue weighted by atomic mass is 10.1. The van der Waals surface area contributed by atoms with Crippen LogP contribution in [0.4, 0.5) is 17.3 Å². The Balaban J connectivity index is 1.51. The van der Waals surface area contributed by atoms with Crippen LogP contribution in [0.25, 0.3) is 11.3 Å². The van der Waals surface area contributed by atoms with E-state index in [1.807, 2.05) is 13.0 Å². The lowest BCUT2D eigenvalue weighted by Gasteiger charge is -2.11. The Labute approximate surface area is 204 Å². The van der Waals surface area contributed by atoms with Crippen molar-refractivity contribution in [2.45, 2.75) is 19.8 Å². The van der Waals surface area contributed by atoms with Crippen LogP contribution in [0.1, 0.15) is 29.3 Å². The fourth-order valence-corrected chi connectivity index (χ4v) is 3.96. The van der Waals surface area contributed by atoms with Crippen molar-refractivity contribution in [1.82, 2.24) is 15.3 Å². The molecule has 9 nitrogen and oxygen atoms in total. The standard InChI is InChI=1S/C23H20ClN7O2S/c1-2-18(25)34-22(26)31-21(33)12-3-6-15(7-4-12)28-23-27-11-13-9-19(32)29-17-10-14(24)5-8-16(17)20(13)30-23/h3-8,10-11,25H,2,9H2,1H3,(H,29,32)(H2,26,31,33)(H,27,28,30). The van der Waals surface area contributed by atoms with E-state index < -0.39 is 5.91 Å². The van der Waals surface area contributed by atoms with Crippen molar-refractivity contribution in [2.24, 2.45) is 0 Å². The molecule has 1 aliphatic heterocycles. The third-order valence-electron chi connectivity index (χ3n) is 4.90. The Kier molecular flexibility index (Phi) is 6.90. The lowest BCUT2D eigenvalue weighted by Crippen LogP contribution is -2.28. The van der Waals surface area contributed by atoms with Gasteiger partial charge in [-0.15, -0.1) is 0 Å². The van der Waals surface area contributed by atoms with Crippen molar-refractivity contribution < 1.29 is 9.59 Å². The molecule has 2 heterocycles. The van der Waals surface area contributed by atoms with E-state index in [2.05, 4.69) is 25.9 Å². The summed E-state index contributed by atoms with van der Waals surface area (Å²) in [6.07, 6.45) is 2.27. The van der Waals surface area contributed by atoms with Crippen molar-refractivity contribution in [3.8, 4) is 11.3 Å². The summed E-state index contributed by atoms with van der Waals surface area (Å²) < 4.78 is 0. The molecule has 0 fully saturated rings. The second-order valence-electron chi connectivity index (χ2n) is 7.35. The molecule has 0 aliphatic carbocycles. The largest absolute Gasteiger partial charge is 0.325 e. The third kappa shape index (κ3) is 5.41. The van der Waals surface area contributed by atoms with Crippen LogP contribution in [-0.4, -0.2) is 32.0 Å². The number of amides is 2. The average molecular weight is 494 g/mol. The summed E-state index contributed by atoms with van der Waals surface area (Å²) >= 11 is 7.00. The fraction of sp³-hybridized carbons (Fsp3) is 0.130. The van der Waals surface area contributed by atoms with E-state index >= 15 is 0 Å². The highest BCUT2D eigenvalue weighted by atomic mass is 35.5. The van der Waals surface area contributed by atoms with Gasteiger partial charge in [-0.25, -0.2) is 9.97 Å². The molecule has 34 heavy (non-hydrogen) atoms. The molecule has 2 amide bonds. The zero-order valence-corrected chi connectivity index (χ0v) is 19.6. The summed E-state index contributed by atoms with van der Waals surface area (Å²) in [7, 11) is 0. The van der Waals surface area contributed by atoms with Crippen molar-refractivity contribution in [3.63, 3.8) is 0 Å². The monoisotopic (exact) mass is 493 g/mol. The maximum absolute atomic E-state index is 12.3. The van der Waals surface area contributed by atoms with Crippen LogP contribution in [0.5, 0.6) is 0 Å². The molecule has 1 aliphatic rings. The van der Waals surface area contributed by atoms with Crippen LogP contribution < -0.4 is 16.0 Å². The highest BCUT2D eigenvalue weighted by molar-refractivity contribution is 8.26. The minimum absolute atomic E-state index is 0.0908. The van der Waals surface area contributed by atoms with Crippen LogP contribution in [0.2, 0.25) is 5.02 Å². The molecule has 11 heteroatoms. The second kappa shape index (κ2) is 10.0. The number of aromatic nitrogens is 2. The quantitative estimate of drug-likeness (QED) is 0.260. The van der Waals surface area contributed by atoms with Gasteiger partial charge in [0.25, 0.3) is 5.91 Å². The van der Waals surface area contributed by atoms with E-state index in [1.165, 1.54) is 0 Å². The number of benzene rings is 2. The summed E-state index contributed by atoms with van der Waals surface area (Å²) in [5, 5.41) is 24.5. The van der Waals surface area contributed by atoms with Gasteiger partial charge < -0.3 is 16.0 Å². The number of fused-ring (bicyclic) bond motifs is 3. The number of carbonyl (C=O) groups is 2. The van der Waals surface area contributed by atoms with Gasteiger partial charge in [0.05, 0.1) is 22.8 Å². The molecule has 0 saturated heterocycles. The maximum atomic E-state index is 12.3. The van der Waals surface area contributed by atoms with E-state index in [4.69, 9.17) is 22.4 Å². The predicted molar refractivity (Wildman–Crippen MR) is 135 cm³/mol. The van der Waals surface area contributed by atoms with Gasteiger partial charge in [-0.3, -0.25) is 20.4 Å². The molecule has 0 saturated carbocycles. The van der Waals surface area contributed by atoms with Gasteiger partial charge >= 0.3 is 0 Å². The Morgan fingerprint density at radius 1 is 1.21 bits per heavy atom. The SMILES string of the molecule is CCC(=N)SC(=N)NC(=O)c1ccc(Nc2ncc3c(n2)-c2ccc(Cl)cc2NC(=O)C3)cc1. The molecule has 5 N–H and O–H groups in total. The average Bonchev–Trinajstić information content (AvgIpc) is 2.93. The Hall–Kier alpha value is -3.76. The van der Waals surface area contributed by atoms with Crippen LogP contribution >= 0.6 is 23.4 Å².